The standard InChI is InChI=1S/C26H32Cl2N2O2/c1-18-3-9-21(10-4-18)25(26(32)29-23-13-5-19(2)6-14-23)30(24(31)17-27)16-15-20-7-11-22(28)12-8-20/h3-4,7-12,19,23,25H,5-6,13-17H2,1-2H3,(H,29,32). The van der Waals surface area contributed by atoms with Crippen LogP contribution in [0.2, 0.25) is 5.02 Å². The van der Waals surface area contributed by atoms with Gasteiger partial charge in [0.2, 0.25) is 11.8 Å². The number of amides is 2. The normalized spacial score (nSPS) is 19.2. The molecule has 0 heterocycles. The SMILES string of the molecule is Cc1ccc(C(C(=O)NC2CCC(C)CC2)N(CCc2ccc(Cl)cc2)C(=O)CCl)cc1. The van der Waals surface area contributed by atoms with Crippen molar-refractivity contribution in [3.05, 3.63) is 70.2 Å². The van der Waals surface area contributed by atoms with Crippen LogP contribution in [0.25, 0.3) is 0 Å². The van der Waals surface area contributed by atoms with Crippen molar-refractivity contribution < 1.29 is 9.59 Å². The van der Waals surface area contributed by atoms with Crippen LogP contribution < -0.4 is 5.32 Å². The topological polar surface area (TPSA) is 49.4 Å². The number of benzene rings is 2. The molecule has 0 aliphatic heterocycles. The highest BCUT2D eigenvalue weighted by atomic mass is 35.5. The summed E-state index contributed by atoms with van der Waals surface area (Å²) in [5.41, 5.74) is 2.95. The van der Waals surface area contributed by atoms with E-state index >= 15 is 0 Å². The van der Waals surface area contributed by atoms with Crippen molar-refractivity contribution in [3.8, 4) is 0 Å². The molecule has 2 aromatic carbocycles. The van der Waals surface area contributed by atoms with Crippen molar-refractivity contribution in [1.29, 1.82) is 0 Å². The molecule has 1 atom stereocenters. The summed E-state index contributed by atoms with van der Waals surface area (Å²) in [5.74, 6) is 0.142. The van der Waals surface area contributed by atoms with Crippen LogP contribution in [-0.4, -0.2) is 35.2 Å². The van der Waals surface area contributed by atoms with Gasteiger partial charge in [-0.15, -0.1) is 11.6 Å². The molecule has 1 aliphatic carbocycles. The van der Waals surface area contributed by atoms with Gasteiger partial charge in [0.15, 0.2) is 0 Å². The minimum absolute atomic E-state index is 0.136. The zero-order chi connectivity index (χ0) is 23.1. The van der Waals surface area contributed by atoms with Crippen LogP contribution in [0.15, 0.2) is 48.5 Å². The largest absolute Gasteiger partial charge is 0.351 e. The number of hydrogen-bond donors (Lipinski definition) is 1. The quantitative estimate of drug-likeness (QED) is 0.499. The molecule has 0 radical (unpaired) electrons. The number of rotatable bonds is 8. The Morgan fingerprint density at radius 3 is 2.25 bits per heavy atom. The fourth-order valence-electron chi connectivity index (χ4n) is 4.28. The molecule has 172 valence electrons. The van der Waals surface area contributed by atoms with E-state index in [9.17, 15) is 9.59 Å². The molecule has 1 N–H and O–H groups in total. The third-order valence-electron chi connectivity index (χ3n) is 6.30. The molecule has 0 bridgehead atoms. The number of aryl methyl sites for hydroxylation is 1. The first-order valence-corrected chi connectivity index (χ1v) is 12.3. The number of nitrogens with zero attached hydrogens (tertiary/aromatic N) is 1. The summed E-state index contributed by atoms with van der Waals surface area (Å²) in [7, 11) is 0. The maximum atomic E-state index is 13.5. The van der Waals surface area contributed by atoms with E-state index in [4.69, 9.17) is 23.2 Å². The lowest BCUT2D eigenvalue weighted by Crippen LogP contribution is -2.48. The second kappa shape index (κ2) is 11.7. The Morgan fingerprint density at radius 1 is 1.03 bits per heavy atom. The molecule has 2 aromatic rings. The first kappa shape index (κ1) is 24.6. The monoisotopic (exact) mass is 474 g/mol. The zero-order valence-electron chi connectivity index (χ0n) is 18.8. The molecule has 6 heteroatoms. The molecule has 3 rings (SSSR count). The minimum Gasteiger partial charge on any atom is -0.351 e. The van der Waals surface area contributed by atoms with Gasteiger partial charge < -0.3 is 10.2 Å². The average molecular weight is 475 g/mol. The number of nitrogens with one attached hydrogen (secondary N) is 1. The Kier molecular flexibility index (Phi) is 9.01. The Bertz CT molecular complexity index is 891. The van der Waals surface area contributed by atoms with Gasteiger partial charge in [-0.3, -0.25) is 9.59 Å². The van der Waals surface area contributed by atoms with Crippen molar-refractivity contribution in [2.75, 3.05) is 12.4 Å². The fourth-order valence-corrected chi connectivity index (χ4v) is 4.56. The second-order valence-corrected chi connectivity index (χ2v) is 9.58. The van der Waals surface area contributed by atoms with Crippen molar-refractivity contribution in [2.24, 2.45) is 5.92 Å². The lowest BCUT2D eigenvalue weighted by molar-refractivity contribution is -0.139. The summed E-state index contributed by atoms with van der Waals surface area (Å²) < 4.78 is 0. The van der Waals surface area contributed by atoms with Gasteiger partial charge in [0.25, 0.3) is 0 Å². The van der Waals surface area contributed by atoms with Crippen molar-refractivity contribution >= 4 is 35.0 Å². The summed E-state index contributed by atoms with van der Waals surface area (Å²) in [4.78, 5) is 28.1. The minimum atomic E-state index is -0.714. The number of hydrogen-bond acceptors (Lipinski definition) is 2. The van der Waals surface area contributed by atoms with Gasteiger partial charge in [-0.25, -0.2) is 0 Å². The van der Waals surface area contributed by atoms with Crippen molar-refractivity contribution in [3.63, 3.8) is 0 Å². The van der Waals surface area contributed by atoms with E-state index in [1.165, 1.54) is 0 Å². The summed E-state index contributed by atoms with van der Waals surface area (Å²) in [5, 5.41) is 3.89. The van der Waals surface area contributed by atoms with E-state index in [1.807, 2.05) is 55.5 Å². The van der Waals surface area contributed by atoms with Gasteiger partial charge >= 0.3 is 0 Å². The van der Waals surface area contributed by atoms with E-state index in [1.54, 1.807) is 4.90 Å². The predicted molar refractivity (Wildman–Crippen MR) is 131 cm³/mol. The molecule has 4 nitrogen and oxygen atoms in total. The third-order valence-corrected chi connectivity index (χ3v) is 6.79. The van der Waals surface area contributed by atoms with E-state index in [0.717, 1.165) is 42.4 Å². The summed E-state index contributed by atoms with van der Waals surface area (Å²) in [6, 6.07) is 14.8. The second-order valence-electron chi connectivity index (χ2n) is 8.88. The summed E-state index contributed by atoms with van der Waals surface area (Å²) in [6.45, 7) is 4.65. The van der Waals surface area contributed by atoms with Crippen molar-refractivity contribution in [2.45, 2.75) is 58.0 Å². The molecule has 0 aromatic heterocycles. The van der Waals surface area contributed by atoms with Crippen LogP contribution in [0.4, 0.5) is 0 Å². The molecular formula is C26H32Cl2N2O2. The maximum Gasteiger partial charge on any atom is 0.247 e. The van der Waals surface area contributed by atoms with Crippen LogP contribution in [0.5, 0.6) is 0 Å². The molecule has 1 unspecified atom stereocenters. The van der Waals surface area contributed by atoms with E-state index in [0.29, 0.717) is 23.9 Å². The Balaban J connectivity index is 1.84. The number of halogens is 2. The number of carbonyl (C=O) groups excluding carboxylic acids is 2. The Morgan fingerprint density at radius 2 is 1.66 bits per heavy atom. The zero-order valence-corrected chi connectivity index (χ0v) is 20.3. The van der Waals surface area contributed by atoms with E-state index in [2.05, 4.69) is 12.2 Å². The Labute approximate surface area is 201 Å². The van der Waals surface area contributed by atoms with Gasteiger partial charge in [-0.1, -0.05) is 60.5 Å². The lowest BCUT2D eigenvalue weighted by atomic mass is 9.87. The molecule has 32 heavy (non-hydrogen) atoms. The van der Waals surface area contributed by atoms with Crippen LogP contribution in [-0.2, 0) is 16.0 Å². The van der Waals surface area contributed by atoms with Crippen LogP contribution >= 0.6 is 23.2 Å². The first-order valence-electron chi connectivity index (χ1n) is 11.3. The average Bonchev–Trinajstić information content (AvgIpc) is 2.79. The maximum absolute atomic E-state index is 13.5. The third kappa shape index (κ3) is 6.73. The van der Waals surface area contributed by atoms with Crippen LogP contribution in [0.3, 0.4) is 0 Å². The highest BCUT2D eigenvalue weighted by Gasteiger charge is 2.32. The molecule has 0 spiro atoms. The van der Waals surface area contributed by atoms with Crippen molar-refractivity contribution in [1.82, 2.24) is 10.2 Å². The van der Waals surface area contributed by atoms with Gasteiger partial charge in [0.05, 0.1) is 0 Å². The molecule has 2 amide bonds. The van der Waals surface area contributed by atoms with Gasteiger partial charge in [-0.05, 0) is 68.2 Å². The van der Waals surface area contributed by atoms with Gasteiger partial charge in [0.1, 0.15) is 11.9 Å². The highest BCUT2D eigenvalue weighted by molar-refractivity contribution is 6.30. The molecular weight excluding hydrogens is 443 g/mol. The van der Waals surface area contributed by atoms with Gasteiger partial charge in [-0.2, -0.15) is 0 Å². The molecule has 1 aliphatic rings. The van der Waals surface area contributed by atoms with E-state index < -0.39 is 6.04 Å². The van der Waals surface area contributed by atoms with Crippen LogP contribution in [0, 0.1) is 12.8 Å². The fraction of sp³-hybridized carbons (Fsp3) is 0.462. The highest BCUT2D eigenvalue weighted by Crippen LogP contribution is 2.27. The molecule has 1 saturated carbocycles. The first-order chi connectivity index (χ1) is 15.4. The molecule has 1 fully saturated rings. The summed E-state index contributed by atoms with van der Waals surface area (Å²) >= 11 is 12.0. The Hall–Kier alpha value is -2.04. The number of alkyl halides is 1. The van der Waals surface area contributed by atoms with Crippen LogP contribution in [0.1, 0.15) is 55.3 Å². The summed E-state index contributed by atoms with van der Waals surface area (Å²) in [6.07, 6.45) is 4.78. The number of carbonyl (C=O) groups is 2. The molecule has 0 saturated heterocycles. The predicted octanol–water partition coefficient (Wildman–Crippen LogP) is 5.69. The van der Waals surface area contributed by atoms with E-state index in [-0.39, 0.29) is 23.7 Å². The van der Waals surface area contributed by atoms with Gasteiger partial charge in [0, 0.05) is 17.6 Å². The smallest absolute Gasteiger partial charge is 0.247 e. The lowest BCUT2D eigenvalue weighted by Gasteiger charge is -2.34.